The van der Waals surface area contributed by atoms with E-state index in [1.54, 1.807) is 24.3 Å². The largest absolute Gasteiger partial charge is 0.546 e. The number of hydrogen-bond donors (Lipinski definition) is 1. The van der Waals surface area contributed by atoms with E-state index >= 15 is 0 Å². The van der Waals surface area contributed by atoms with E-state index in [1.165, 1.54) is 6.21 Å². The van der Waals surface area contributed by atoms with Crippen LogP contribution in [0.4, 0.5) is 0 Å². The second-order valence-electron chi connectivity index (χ2n) is 4.21. The van der Waals surface area contributed by atoms with E-state index in [-0.39, 0.29) is 11.8 Å². The van der Waals surface area contributed by atoms with Gasteiger partial charge in [-0.2, -0.15) is 5.10 Å². The molecule has 100 valence electrons. The van der Waals surface area contributed by atoms with Crippen molar-refractivity contribution in [3.05, 3.63) is 29.8 Å². The molecule has 6 heteroatoms. The van der Waals surface area contributed by atoms with Crippen LogP contribution in [0.1, 0.15) is 18.4 Å². The molecule has 1 saturated carbocycles. The van der Waals surface area contributed by atoms with E-state index in [2.05, 4.69) is 10.5 Å². The van der Waals surface area contributed by atoms with Crippen molar-refractivity contribution in [2.24, 2.45) is 11.0 Å². The lowest BCUT2D eigenvalue weighted by Gasteiger charge is -2.08. The zero-order valence-electron chi connectivity index (χ0n) is 10.2. The number of hydrazone groups is 1. The molecule has 6 nitrogen and oxygen atoms in total. The Morgan fingerprint density at radius 1 is 1.42 bits per heavy atom. The Morgan fingerprint density at radius 3 is 2.84 bits per heavy atom. The van der Waals surface area contributed by atoms with Gasteiger partial charge in [-0.3, -0.25) is 4.79 Å². The van der Waals surface area contributed by atoms with Gasteiger partial charge in [-0.05, 0) is 25.0 Å². The average molecular weight is 261 g/mol. The van der Waals surface area contributed by atoms with Crippen LogP contribution in [0, 0.1) is 5.92 Å². The molecule has 1 aliphatic carbocycles. The smallest absolute Gasteiger partial charge is 0.243 e. The summed E-state index contributed by atoms with van der Waals surface area (Å²) in [6, 6.07) is 6.80. The molecule has 0 spiro atoms. The number of aliphatic carboxylic acids is 1. The number of rotatable bonds is 6. The lowest BCUT2D eigenvalue weighted by molar-refractivity contribution is -0.307. The quantitative estimate of drug-likeness (QED) is 0.561. The number of amides is 1. The summed E-state index contributed by atoms with van der Waals surface area (Å²) in [6.45, 7) is -0.528. The summed E-state index contributed by atoms with van der Waals surface area (Å²) in [6.07, 6.45) is 3.24. The Labute approximate surface area is 110 Å². The van der Waals surface area contributed by atoms with E-state index in [0.29, 0.717) is 11.3 Å². The van der Waals surface area contributed by atoms with E-state index in [0.717, 1.165) is 12.8 Å². The summed E-state index contributed by atoms with van der Waals surface area (Å²) in [4.78, 5) is 21.7. The molecule has 0 aliphatic heterocycles. The summed E-state index contributed by atoms with van der Waals surface area (Å²) in [5, 5.41) is 14.2. The first-order valence-electron chi connectivity index (χ1n) is 5.91. The summed E-state index contributed by atoms with van der Waals surface area (Å²) in [5.74, 6) is -0.934. The average Bonchev–Trinajstić information content (AvgIpc) is 3.21. The van der Waals surface area contributed by atoms with Gasteiger partial charge in [0.15, 0.2) is 0 Å². The van der Waals surface area contributed by atoms with Crippen molar-refractivity contribution in [2.75, 3.05) is 6.61 Å². The number of carboxylic acids is 1. The number of nitrogens with one attached hydrogen (secondary N) is 1. The van der Waals surface area contributed by atoms with Gasteiger partial charge < -0.3 is 14.6 Å². The number of ether oxygens (including phenoxy) is 1. The maximum absolute atomic E-state index is 11.4. The van der Waals surface area contributed by atoms with Crippen LogP contribution in [0.3, 0.4) is 0 Å². The molecule has 0 unspecified atom stereocenters. The molecule has 1 aliphatic rings. The van der Waals surface area contributed by atoms with Gasteiger partial charge in [0.2, 0.25) is 5.91 Å². The Hall–Kier alpha value is -2.37. The molecular formula is C13H13N2O4-. The molecule has 0 atom stereocenters. The first-order valence-corrected chi connectivity index (χ1v) is 5.91. The van der Waals surface area contributed by atoms with Crippen LogP contribution in [0.15, 0.2) is 29.4 Å². The van der Waals surface area contributed by atoms with Crippen LogP contribution in [-0.2, 0) is 9.59 Å². The fourth-order valence-corrected chi connectivity index (χ4v) is 1.46. The molecule has 19 heavy (non-hydrogen) atoms. The Bertz CT molecular complexity index is 509. The van der Waals surface area contributed by atoms with Crippen LogP contribution in [0.2, 0.25) is 0 Å². The first kappa shape index (κ1) is 13.1. The Balaban J connectivity index is 1.95. The fraction of sp³-hybridized carbons (Fsp3) is 0.308. The van der Waals surface area contributed by atoms with Crippen molar-refractivity contribution in [3.8, 4) is 5.75 Å². The molecule has 1 amide bonds. The Morgan fingerprint density at radius 2 is 2.16 bits per heavy atom. The normalized spacial score (nSPS) is 14.3. The zero-order chi connectivity index (χ0) is 13.7. The second kappa shape index (κ2) is 5.99. The van der Waals surface area contributed by atoms with E-state index in [4.69, 9.17) is 4.74 Å². The standard InChI is InChI=1S/C13H14N2O4/c16-12(17)8-19-11-4-2-1-3-10(11)7-14-15-13(18)9-5-6-9/h1-4,7,9H,5-6,8H2,(H,15,18)(H,16,17)/p-1/b14-7-. The molecule has 0 saturated heterocycles. The molecule has 0 aromatic heterocycles. The predicted octanol–water partition coefficient (Wildman–Crippen LogP) is -0.325. The topological polar surface area (TPSA) is 90.8 Å². The minimum atomic E-state index is -1.30. The van der Waals surface area contributed by atoms with E-state index in [1.807, 2.05) is 0 Å². The zero-order valence-corrected chi connectivity index (χ0v) is 10.2. The number of carbonyl (C=O) groups is 2. The lowest BCUT2D eigenvalue weighted by Crippen LogP contribution is -2.29. The van der Waals surface area contributed by atoms with Crippen molar-refractivity contribution in [1.82, 2.24) is 5.43 Å². The summed E-state index contributed by atoms with van der Waals surface area (Å²) in [7, 11) is 0. The molecule has 1 fully saturated rings. The van der Waals surface area contributed by atoms with Crippen LogP contribution in [0.5, 0.6) is 5.75 Å². The van der Waals surface area contributed by atoms with Crippen molar-refractivity contribution < 1.29 is 19.4 Å². The molecule has 0 heterocycles. The molecule has 0 bridgehead atoms. The SMILES string of the molecule is O=C([O-])COc1ccccc1/C=N\NC(=O)C1CC1. The third-order valence-corrected chi connectivity index (χ3v) is 2.59. The molecule has 2 rings (SSSR count). The van der Waals surface area contributed by atoms with Crippen molar-refractivity contribution in [1.29, 1.82) is 0 Å². The van der Waals surface area contributed by atoms with Gasteiger partial charge in [0.25, 0.3) is 0 Å². The van der Waals surface area contributed by atoms with Gasteiger partial charge >= 0.3 is 0 Å². The number of carbonyl (C=O) groups excluding carboxylic acids is 2. The summed E-state index contributed by atoms with van der Waals surface area (Å²) in [5.41, 5.74) is 3.01. The summed E-state index contributed by atoms with van der Waals surface area (Å²) < 4.78 is 5.05. The number of hydrogen-bond acceptors (Lipinski definition) is 5. The second-order valence-corrected chi connectivity index (χ2v) is 4.21. The first-order chi connectivity index (χ1) is 9.16. The molecule has 1 aromatic carbocycles. The van der Waals surface area contributed by atoms with Gasteiger partial charge in [0.05, 0.1) is 12.2 Å². The maximum atomic E-state index is 11.4. The van der Waals surface area contributed by atoms with Crippen molar-refractivity contribution in [3.63, 3.8) is 0 Å². The molecule has 1 aromatic rings. The van der Waals surface area contributed by atoms with E-state index in [9.17, 15) is 14.7 Å². The van der Waals surface area contributed by atoms with Gasteiger partial charge in [-0.25, -0.2) is 5.43 Å². The van der Waals surface area contributed by atoms with Gasteiger partial charge in [0.1, 0.15) is 12.4 Å². The summed E-state index contributed by atoms with van der Waals surface area (Å²) >= 11 is 0. The molecular weight excluding hydrogens is 248 g/mol. The maximum Gasteiger partial charge on any atom is 0.243 e. The Kier molecular flexibility index (Phi) is 4.12. The number of para-hydroxylation sites is 1. The van der Waals surface area contributed by atoms with Gasteiger partial charge in [-0.1, -0.05) is 12.1 Å². The van der Waals surface area contributed by atoms with Crippen LogP contribution in [-0.4, -0.2) is 24.7 Å². The highest BCUT2D eigenvalue weighted by molar-refractivity contribution is 5.86. The number of benzene rings is 1. The van der Waals surface area contributed by atoms with Crippen LogP contribution in [0.25, 0.3) is 0 Å². The fourth-order valence-electron chi connectivity index (χ4n) is 1.46. The molecule has 1 N–H and O–H groups in total. The van der Waals surface area contributed by atoms with Crippen LogP contribution >= 0.6 is 0 Å². The highest BCUT2D eigenvalue weighted by Gasteiger charge is 2.29. The molecule has 0 radical (unpaired) electrons. The predicted molar refractivity (Wildman–Crippen MR) is 65.4 cm³/mol. The lowest BCUT2D eigenvalue weighted by atomic mass is 10.2. The third kappa shape index (κ3) is 4.09. The van der Waals surface area contributed by atoms with Crippen LogP contribution < -0.4 is 15.3 Å². The highest BCUT2D eigenvalue weighted by Crippen LogP contribution is 2.28. The van der Waals surface area contributed by atoms with Gasteiger partial charge in [0, 0.05) is 11.5 Å². The number of carboxylic acid groups (broad SMARTS) is 1. The monoisotopic (exact) mass is 261 g/mol. The van der Waals surface area contributed by atoms with Gasteiger partial charge in [-0.15, -0.1) is 0 Å². The van der Waals surface area contributed by atoms with Crippen molar-refractivity contribution in [2.45, 2.75) is 12.8 Å². The minimum absolute atomic E-state index is 0.0849. The number of nitrogens with zero attached hydrogens (tertiary/aromatic N) is 1. The minimum Gasteiger partial charge on any atom is -0.546 e. The highest BCUT2D eigenvalue weighted by atomic mass is 16.5. The van der Waals surface area contributed by atoms with E-state index < -0.39 is 12.6 Å². The third-order valence-electron chi connectivity index (χ3n) is 2.59. The van der Waals surface area contributed by atoms with Crippen molar-refractivity contribution >= 4 is 18.1 Å².